The van der Waals surface area contributed by atoms with E-state index in [1.54, 1.807) is 0 Å². The van der Waals surface area contributed by atoms with Crippen molar-refractivity contribution < 1.29 is 4.42 Å². The van der Waals surface area contributed by atoms with E-state index in [0.29, 0.717) is 0 Å². The molecular formula is C78H70BN3OS2. The van der Waals surface area contributed by atoms with Crippen molar-refractivity contribution in [1.29, 1.82) is 0 Å². The first-order chi connectivity index (χ1) is 40.7. The van der Waals surface area contributed by atoms with Crippen LogP contribution in [-0.2, 0) is 21.7 Å². The SMILES string of the molecule is CC(C)(C)c1ccc(N2B3c4cc5sccc5cc4N(c4ccc(C(C)(C)C)cc4-c4ccccc4)c4cc5c(oc6ccccc65)c(c43)-c3cc4c(cc32)sc2cc(N(c3ccc(C(C)(C)C)cc3)c3ccc(C(C)(C)C)cc3)ccc24)cc1. The number of thiophene rings is 2. The van der Waals surface area contributed by atoms with Gasteiger partial charge in [-0.3, -0.25) is 0 Å². The van der Waals surface area contributed by atoms with Crippen molar-refractivity contribution in [3.63, 3.8) is 0 Å². The van der Waals surface area contributed by atoms with Crippen molar-refractivity contribution in [3.05, 3.63) is 228 Å². The van der Waals surface area contributed by atoms with Crippen molar-refractivity contribution in [2.24, 2.45) is 0 Å². The Morgan fingerprint density at radius 3 is 1.68 bits per heavy atom. The molecule has 4 nitrogen and oxygen atoms in total. The summed E-state index contributed by atoms with van der Waals surface area (Å²) in [6.45, 7) is 27.4. The molecule has 0 amide bonds. The standard InChI is InChI=1S/C78H70BN3OS2/c1-75(2,3)49-22-29-53(30-23-49)80(54-31-24-50(25-32-54)76(4,5)6)56-35-36-58-60-43-62-65(46-71(60)85-70(58)42-56)82(55-33-26-51(27-34-55)77(7,8)9)79-63-45-69-48(38-39-84-69)40-66(63)81(64-37-28-52(78(10,11)12)41-59(64)47-18-14-13-15-19-47)67-44-61-57-20-16-17-21-68(57)83-74(61)72(62)73(67)79/h13-46H,1-12H3. The molecule has 0 spiro atoms. The van der Waals surface area contributed by atoms with Gasteiger partial charge in [-0.2, -0.15) is 0 Å². The molecule has 0 saturated heterocycles. The predicted molar refractivity (Wildman–Crippen MR) is 371 cm³/mol. The summed E-state index contributed by atoms with van der Waals surface area (Å²) < 4.78 is 11.1. The summed E-state index contributed by atoms with van der Waals surface area (Å²) in [6, 6.07) is 76.6. The molecular weight excluding hydrogens is 1070 g/mol. The summed E-state index contributed by atoms with van der Waals surface area (Å²) in [7, 11) is 0. The molecule has 2 aliphatic heterocycles. The van der Waals surface area contributed by atoms with E-state index in [9.17, 15) is 0 Å². The fraction of sp³-hybridized carbons (Fsp3) is 0.205. The Morgan fingerprint density at radius 2 is 1.02 bits per heavy atom. The molecule has 0 radical (unpaired) electrons. The van der Waals surface area contributed by atoms with Gasteiger partial charge in [-0.25, -0.2) is 0 Å². The molecule has 0 saturated carbocycles. The summed E-state index contributed by atoms with van der Waals surface area (Å²) in [5.74, 6) is 0. The van der Waals surface area contributed by atoms with Crippen molar-refractivity contribution in [2.45, 2.75) is 105 Å². The van der Waals surface area contributed by atoms with Crippen LogP contribution in [-0.4, -0.2) is 6.85 Å². The molecule has 0 fully saturated rings. The fourth-order valence-electron chi connectivity index (χ4n) is 13.4. The molecule has 13 aromatic rings. The maximum absolute atomic E-state index is 7.33. The summed E-state index contributed by atoms with van der Waals surface area (Å²) in [5.41, 5.74) is 23.5. The highest BCUT2D eigenvalue weighted by molar-refractivity contribution is 7.26. The minimum absolute atomic E-state index is 0.0177. The maximum atomic E-state index is 7.33. The van der Waals surface area contributed by atoms with Crippen LogP contribution in [0.5, 0.6) is 0 Å². The van der Waals surface area contributed by atoms with Crippen molar-refractivity contribution in [2.75, 3.05) is 14.6 Å². The molecule has 0 bridgehead atoms. The fourth-order valence-corrected chi connectivity index (χ4v) is 15.4. The lowest BCUT2D eigenvalue weighted by Crippen LogP contribution is -2.61. The number of nitrogens with zero attached hydrogens (tertiary/aromatic N) is 3. The number of hydrogen-bond acceptors (Lipinski definition) is 6. The van der Waals surface area contributed by atoms with Crippen LogP contribution in [0.3, 0.4) is 0 Å². The Morgan fingerprint density at radius 1 is 0.424 bits per heavy atom. The Kier molecular flexibility index (Phi) is 12.0. The summed E-state index contributed by atoms with van der Waals surface area (Å²) >= 11 is 3.71. The van der Waals surface area contributed by atoms with Gasteiger partial charge in [-0.05, 0) is 174 Å². The first kappa shape index (κ1) is 53.4. The largest absolute Gasteiger partial charge is 0.455 e. The van der Waals surface area contributed by atoms with Crippen molar-refractivity contribution >= 4 is 138 Å². The highest BCUT2D eigenvalue weighted by Gasteiger charge is 2.47. The van der Waals surface area contributed by atoms with Crippen molar-refractivity contribution in [1.82, 2.24) is 0 Å². The second-order valence-corrected chi connectivity index (χ2v) is 29.9. The quantitative estimate of drug-likeness (QED) is 0.155. The summed E-state index contributed by atoms with van der Waals surface area (Å²) in [6.07, 6.45) is 0. The minimum atomic E-state index is -0.219. The van der Waals surface area contributed by atoms with Crippen LogP contribution in [0.4, 0.5) is 45.5 Å². The first-order valence-electron chi connectivity index (χ1n) is 30.1. The number of furan rings is 1. The third-order valence-corrected chi connectivity index (χ3v) is 20.1. The van der Waals surface area contributed by atoms with Gasteiger partial charge in [-0.1, -0.05) is 180 Å². The molecule has 0 aliphatic carbocycles. The smallest absolute Gasteiger partial charge is 0.333 e. The van der Waals surface area contributed by atoms with E-state index in [0.717, 1.165) is 61.6 Å². The van der Waals surface area contributed by atoms with Crippen LogP contribution >= 0.6 is 22.7 Å². The normalized spacial score (nSPS) is 13.6. The van der Waals surface area contributed by atoms with Crippen LogP contribution < -0.4 is 25.5 Å². The van der Waals surface area contributed by atoms with Gasteiger partial charge < -0.3 is 19.0 Å². The monoisotopic (exact) mass is 1140 g/mol. The zero-order chi connectivity index (χ0) is 58.6. The van der Waals surface area contributed by atoms with Gasteiger partial charge in [0.05, 0.1) is 5.69 Å². The Balaban J connectivity index is 1.02. The second kappa shape index (κ2) is 19.1. The predicted octanol–water partition coefficient (Wildman–Crippen LogP) is 22.2. The van der Waals surface area contributed by atoms with Gasteiger partial charge in [0.15, 0.2) is 0 Å². The molecule has 3 aromatic heterocycles. The molecule has 0 N–H and O–H groups in total. The van der Waals surface area contributed by atoms with Crippen LogP contribution in [0.1, 0.15) is 105 Å². The second-order valence-electron chi connectivity index (χ2n) is 27.9. The van der Waals surface area contributed by atoms with Gasteiger partial charge in [0.1, 0.15) is 11.2 Å². The average molecular weight is 1140 g/mol. The molecule has 7 heteroatoms. The van der Waals surface area contributed by atoms with E-state index in [1.165, 1.54) is 91.5 Å². The number of anilines is 8. The van der Waals surface area contributed by atoms with Gasteiger partial charge in [0.25, 0.3) is 0 Å². The number of benzene rings is 10. The maximum Gasteiger partial charge on any atom is 0.333 e. The lowest BCUT2D eigenvalue weighted by atomic mass is 9.43. The Labute approximate surface area is 508 Å². The van der Waals surface area contributed by atoms with E-state index < -0.39 is 0 Å². The molecule has 5 heterocycles. The van der Waals surface area contributed by atoms with Crippen LogP contribution in [0, 0.1) is 0 Å². The molecule has 0 unspecified atom stereocenters. The molecule has 418 valence electrons. The Hall–Kier alpha value is -8.36. The summed E-state index contributed by atoms with van der Waals surface area (Å²) in [4.78, 5) is 7.72. The zero-order valence-corrected chi connectivity index (χ0v) is 52.4. The van der Waals surface area contributed by atoms with E-state index >= 15 is 0 Å². The van der Waals surface area contributed by atoms with Gasteiger partial charge >= 0.3 is 6.85 Å². The Bertz CT molecular complexity index is 4750. The number of fused-ring (bicyclic) bond motifs is 12. The molecule has 2 aliphatic rings. The van der Waals surface area contributed by atoms with Gasteiger partial charge in [-0.15, -0.1) is 22.7 Å². The van der Waals surface area contributed by atoms with Crippen LogP contribution in [0.2, 0.25) is 0 Å². The lowest BCUT2D eigenvalue weighted by molar-refractivity contribution is 0.590. The van der Waals surface area contributed by atoms with Crippen LogP contribution in [0.25, 0.3) is 74.5 Å². The van der Waals surface area contributed by atoms with E-state index in [4.69, 9.17) is 4.42 Å². The number of hydrogen-bond donors (Lipinski definition) is 0. The minimum Gasteiger partial charge on any atom is -0.455 e. The highest BCUT2D eigenvalue weighted by Crippen LogP contribution is 2.55. The summed E-state index contributed by atoms with van der Waals surface area (Å²) in [5, 5.41) is 8.19. The first-order valence-corrected chi connectivity index (χ1v) is 31.8. The average Bonchev–Trinajstić information content (AvgIpc) is 1.73. The van der Waals surface area contributed by atoms with Gasteiger partial charge in [0, 0.05) is 92.1 Å². The third kappa shape index (κ3) is 8.74. The molecule has 10 aromatic carbocycles. The van der Waals surface area contributed by atoms with Crippen LogP contribution in [0.15, 0.2) is 210 Å². The van der Waals surface area contributed by atoms with E-state index in [-0.39, 0.29) is 28.5 Å². The zero-order valence-electron chi connectivity index (χ0n) is 50.8. The molecule has 15 rings (SSSR count). The van der Waals surface area contributed by atoms with E-state index in [1.807, 2.05) is 22.7 Å². The lowest BCUT2D eigenvalue weighted by Gasteiger charge is -2.46. The third-order valence-electron chi connectivity index (χ3n) is 18.1. The molecule has 0 atom stereocenters. The van der Waals surface area contributed by atoms with Crippen molar-refractivity contribution in [3.8, 4) is 22.3 Å². The number of para-hydroxylation sites is 1. The van der Waals surface area contributed by atoms with E-state index in [2.05, 4.69) is 303 Å². The number of rotatable bonds is 6. The highest BCUT2D eigenvalue weighted by atomic mass is 32.1. The van der Waals surface area contributed by atoms with Gasteiger partial charge in [0.2, 0.25) is 0 Å². The topological polar surface area (TPSA) is 22.9 Å². The molecule has 85 heavy (non-hydrogen) atoms.